The van der Waals surface area contributed by atoms with Crippen LogP contribution in [0.2, 0.25) is 0 Å². The van der Waals surface area contributed by atoms with Gasteiger partial charge in [0.25, 0.3) is 11.8 Å². The van der Waals surface area contributed by atoms with Gasteiger partial charge in [0.15, 0.2) is 6.10 Å². The van der Waals surface area contributed by atoms with E-state index >= 15 is 0 Å². The van der Waals surface area contributed by atoms with Gasteiger partial charge in [-0.3, -0.25) is 33.1 Å². The summed E-state index contributed by atoms with van der Waals surface area (Å²) in [4.78, 5) is 71.8. The van der Waals surface area contributed by atoms with Crippen molar-refractivity contribution in [2.45, 2.75) is 225 Å². The van der Waals surface area contributed by atoms with Crippen molar-refractivity contribution in [2.24, 2.45) is 0 Å². The topological polar surface area (TPSA) is 193 Å². The van der Waals surface area contributed by atoms with E-state index in [1.165, 1.54) is 153 Å². The van der Waals surface area contributed by atoms with Gasteiger partial charge in [-0.25, -0.2) is 9.36 Å². The Bertz CT molecular complexity index is 1320. The maximum atomic E-state index is 12.8. The lowest BCUT2D eigenvalue weighted by molar-refractivity contribution is -0.161. The molecule has 0 saturated carbocycles. The van der Waals surface area contributed by atoms with Gasteiger partial charge in [-0.05, 0) is 12.8 Å². The van der Waals surface area contributed by atoms with Gasteiger partial charge in [-0.15, -0.1) is 0 Å². The molecule has 3 amide bonds. The average Bonchev–Trinajstić information content (AvgIpc) is 3.62. The normalized spacial score (nSPS) is 13.8. The van der Waals surface area contributed by atoms with E-state index in [1.807, 2.05) is 0 Å². The number of alkyl carbamates (subject to hydrolysis) is 1. The second-order valence-corrected chi connectivity index (χ2v) is 19.1. The van der Waals surface area contributed by atoms with Crippen molar-refractivity contribution in [2.75, 3.05) is 52.7 Å². The molecule has 2 unspecified atom stereocenters. The number of amides is 3. The van der Waals surface area contributed by atoms with Gasteiger partial charge in [0, 0.05) is 31.5 Å². The molecule has 0 saturated heterocycles. The van der Waals surface area contributed by atoms with Crippen LogP contribution in [0.4, 0.5) is 4.79 Å². The first-order chi connectivity index (χ1) is 32.1. The summed E-state index contributed by atoms with van der Waals surface area (Å²) in [7, 11) is -4.65. The van der Waals surface area contributed by atoms with Crippen LogP contribution in [0.3, 0.4) is 0 Å². The standard InChI is InChI=1S/C50H91N2O13P/c1-3-5-7-9-11-13-15-17-19-21-23-25-27-29-31-33-48(55)62-43-45(65-49(56)34-32-30-28-26-24-22-20-18-16-14-12-10-8-6-4-2)44-64-66(58,59)63-39-37-51-50(57)61-42-41-60-40-38-52-46(53)35-36-47(52)54/h35-36,45H,3-34,37-44H2,1-2H3,(H,51,57)(H,58,59). The summed E-state index contributed by atoms with van der Waals surface area (Å²) in [6, 6.07) is 0. The maximum Gasteiger partial charge on any atom is 0.472 e. The number of imide groups is 1. The molecule has 0 spiro atoms. The number of carbonyl (C=O) groups excluding carboxylic acids is 5. The van der Waals surface area contributed by atoms with E-state index in [0.29, 0.717) is 12.8 Å². The molecular formula is C50H91N2O13P. The zero-order valence-corrected chi connectivity index (χ0v) is 42.2. The number of nitrogens with zero attached hydrogens (tertiary/aromatic N) is 1. The van der Waals surface area contributed by atoms with E-state index in [9.17, 15) is 33.4 Å². The number of unbranched alkanes of at least 4 members (excludes halogenated alkanes) is 28. The number of carbonyl (C=O) groups is 5. The minimum absolute atomic E-state index is 0.0211. The quantitative estimate of drug-likeness (QED) is 0.0192. The van der Waals surface area contributed by atoms with Crippen LogP contribution in [0.15, 0.2) is 12.2 Å². The summed E-state index contributed by atoms with van der Waals surface area (Å²) in [5.41, 5.74) is 0. The van der Waals surface area contributed by atoms with Crippen LogP contribution >= 0.6 is 7.82 Å². The first-order valence-electron chi connectivity index (χ1n) is 26.1. The third-order valence-electron chi connectivity index (χ3n) is 11.6. The predicted octanol–water partition coefficient (Wildman–Crippen LogP) is 11.8. The first kappa shape index (κ1) is 61.2. The molecule has 15 nitrogen and oxygen atoms in total. The molecule has 1 aliphatic rings. The van der Waals surface area contributed by atoms with Crippen molar-refractivity contribution in [3.63, 3.8) is 0 Å². The first-order valence-corrected chi connectivity index (χ1v) is 27.6. The Morgan fingerprint density at radius 3 is 1.42 bits per heavy atom. The summed E-state index contributed by atoms with van der Waals surface area (Å²) < 4.78 is 43.9. The van der Waals surface area contributed by atoms with Gasteiger partial charge in [0.2, 0.25) is 0 Å². The Labute approximate surface area is 398 Å². The Balaban J connectivity index is 2.35. The Morgan fingerprint density at radius 2 is 0.970 bits per heavy atom. The number of ether oxygens (including phenoxy) is 4. The minimum atomic E-state index is -4.65. The molecule has 384 valence electrons. The smallest absolute Gasteiger partial charge is 0.462 e. The van der Waals surface area contributed by atoms with Crippen LogP contribution in [0.1, 0.15) is 219 Å². The molecule has 2 atom stereocenters. The monoisotopic (exact) mass is 959 g/mol. The maximum absolute atomic E-state index is 12.8. The van der Waals surface area contributed by atoms with Crippen molar-refractivity contribution in [3.8, 4) is 0 Å². The molecule has 0 aromatic heterocycles. The highest BCUT2D eigenvalue weighted by molar-refractivity contribution is 7.47. The predicted molar refractivity (Wildman–Crippen MR) is 258 cm³/mol. The van der Waals surface area contributed by atoms with E-state index < -0.39 is 57.0 Å². The van der Waals surface area contributed by atoms with E-state index in [2.05, 4.69) is 19.2 Å². The average molecular weight is 959 g/mol. The van der Waals surface area contributed by atoms with Gasteiger partial charge in [-0.1, -0.05) is 194 Å². The molecule has 0 bridgehead atoms. The van der Waals surface area contributed by atoms with Crippen LogP contribution in [0, 0.1) is 0 Å². The summed E-state index contributed by atoms with van der Waals surface area (Å²) in [5.74, 6) is -1.77. The molecule has 0 radical (unpaired) electrons. The van der Waals surface area contributed by atoms with Crippen molar-refractivity contribution >= 4 is 37.7 Å². The summed E-state index contributed by atoms with van der Waals surface area (Å²) in [6.07, 6.45) is 37.2. The van der Waals surface area contributed by atoms with Gasteiger partial charge < -0.3 is 29.2 Å². The van der Waals surface area contributed by atoms with Crippen LogP contribution in [-0.4, -0.2) is 98.5 Å². The van der Waals surface area contributed by atoms with E-state index in [-0.39, 0.29) is 52.4 Å². The SMILES string of the molecule is CCCCCCCCCCCCCCCCCC(=O)OCC(COP(=O)(O)OCCNC(=O)OCCOCCN1C(=O)C=CC1=O)OC(=O)CCCCCCCCCCCCCCCCC. The summed E-state index contributed by atoms with van der Waals surface area (Å²) in [6.45, 7) is 3.09. The second-order valence-electron chi connectivity index (χ2n) is 17.6. The van der Waals surface area contributed by atoms with Crippen molar-refractivity contribution < 1.29 is 61.4 Å². The largest absolute Gasteiger partial charge is 0.472 e. The number of rotatable bonds is 48. The molecule has 2 N–H and O–H groups in total. The number of phosphoric acid groups is 1. The van der Waals surface area contributed by atoms with Gasteiger partial charge >= 0.3 is 25.9 Å². The highest BCUT2D eigenvalue weighted by atomic mass is 31.2. The fraction of sp³-hybridized carbons (Fsp3) is 0.860. The van der Waals surface area contributed by atoms with Crippen LogP contribution in [-0.2, 0) is 51.7 Å². The Hall–Kier alpha value is -2.84. The van der Waals surface area contributed by atoms with Crippen molar-refractivity contribution in [3.05, 3.63) is 12.2 Å². The summed E-state index contributed by atoms with van der Waals surface area (Å²) >= 11 is 0. The lowest BCUT2D eigenvalue weighted by atomic mass is 10.0. The molecule has 66 heavy (non-hydrogen) atoms. The third kappa shape index (κ3) is 38.2. The fourth-order valence-electron chi connectivity index (χ4n) is 7.58. The molecule has 0 aromatic carbocycles. The number of nitrogens with one attached hydrogen (secondary N) is 1. The van der Waals surface area contributed by atoms with E-state index in [0.717, 1.165) is 43.4 Å². The molecule has 1 aliphatic heterocycles. The Kier molecular flexibility index (Phi) is 40.3. The summed E-state index contributed by atoms with van der Waals surface area (Å²) in [5, 5.41) is 2.37. The van der Waals surface area contributed by atoms with Crippen LogP contribution in [0.5, 0.6) is 0 Å². The van der Waals surface area contributed by atoms with E-state index in [4.69, 9.17) is 28.0 Å². The van der Waals surface area contributed by atoms with Gasteiger partial charge in [-0.2, -0.15) is 0 Å². The minimum Gasteiger partial charge on any atom is -0.462 e. The number of esters is 2. The second kappa shape index (κ2) is 43.4. The molecular weight excluding hydrogens is 868 g/mol. The molecule has 0 fully saturated rings. The fourth-order valence-corrected chi connectivity index (χ4v) is 8.33. The zero-order valence-electron chi connectivity index (χ0n) is 41.3. The third-order valence-corrected chi connectivity index (χ3v) is 12.6. The number of phosphoric ester groups is 1. The van der Waals surface area contributed by atoms with Crippen molar-refractivity contribution in [1.29, 1.82) is 0 Å². The van der Waals surface area contributed by atoms with Crippen molar-refractivity contribution in [1.82, 2.24) is 10.2 Å². The number of hydrogen-bond acceptors (Lipinski definition) is 12. The highest BCUT2D eigenvalue weighted by Gasteiger charge is 2.26. The molecule has 1 heterocycles. The van der Waals surface area contributed by atoms with E-state index in [1.54, 1.807) is 0 Å². The molecule has 1 rings (SSSR count). The van der Waals surface area contributed by atoms with Crippen LogP contribution < -0.4 is 5.32 Å². The molecule has 0 aromatic rings. The lowest BCUT2D eigenvalue weighted by Crippen LogP contribution is -2.33. The lowest BCUT2D eigenvalue weighted by Gasteiger charge is -2.20. The zero-order chi connectivity index (χ0) is 48.2. The molecule has 0 aliphatic carbocycles. The highest BCUT2D eigenvalue weighted by Crippen LogP contribution is 2.43. The molecule has 16 heteroatoms. The Morgan fingerprint density at radius 1 is 0.545 bits per heavy atom. The van der Waals surface area contributed by atoms with Gasteiger partial charge in [0.1, 0.15) is 13.2 Å². The number of hydrogen-bond donors (Lipinski definition) is 2. The van der Waals surface area contributed by atoms with Gasteiger partial charge in [0.05, 0.1) is 33.0 Å². The van der Waals surface area contributed by atoms with Crippen LogP contribution in [0.25, 0.3) is 0 Å².